The van der Waals surface area contributed by atoms with Crippen LogP contribution in [0.1, 0.15) is 71.1 Å². The van der Waals surface area contributed by atoms with E-state index in [2.05, 4.69) is 19.1 Å². The summed E-state index contributed by atoms with van der Waals surface area (Å²) in [5.41, 5.74) is 0. The van der Waals surface area contributed by atoms with Gasteiger partial charge in [0.15, 0.2) is 0 Å². The zero-order valence-corrected chi connectivity index (χ0v) is 12.7. The third-order valence-corrected chi connectivity index (χ3v) is 2.65. The van der Waals surface area contributed by atoms with Gasteiger partial charge in [0.25, 0.3) is 0 Å². The van der Waals surface area contributed by atoms with Crippen LogP contribution < -0.4 is 0 Å². The fourth-order valence-electron chi connectivity index (χ4n) is 1.63. The number of carbonyl (C=O) groups is 1. The molecule has 0 bridgehead atoms. The van der Waals surface area contributed by atoms with E-state index in [1.807, 2.05) is 0 Å². The van der Waals surface area contributed by atoms with Gasteiger partial charge in [-0.25, -0.2) is 0 Å². The van der Waals surface area contributed by atoms with Crippen molar-refractivity contribution in [3.8, 4) is 0 Å². The van der Waals surface area contributed by atoms with Crippen LogP contribution in [0.3, 0.4) is 0 Å². The van der Waals surface area contributed by atoms with E-state index in [1.54, 1.807) is 0 Å². The third kappa shape index (κ3) is 19.0. The number of carboxylic acids is 1. The Morgan fingerprint density at radius 3 is 2.06 bits per heavy atom. The molecule has 0 rings (SSSR count). The van der Waals surface area contributed by atoms with Gasteiger partial charge in [-0.1, -0.05) is 51.2 Å². The Balaban J connectivity index is 0. The van der Waals surface area contributed by atoms with Crippen LogP contribution in [0, 0.1) is 37.3 Å². The first-order valence-corrected chi connectivity index (χ1v) is 6.64. The van der Waals surface area contributed by atoms with E-state index in [1.165, 1.54) is 44.9 Å². The van der Waals surface area contributed by atoms with Crippen LogP contribution >= 0.6 is 0 Å². The van der Waals surface area contributed by atoms with Crippen LogP contribution in [-0.4, -0.2) is 11.1 Å². The smallest absolute Gasteiger partial charge is 0.303 e. The summed E-state index contributed by atoms with van der Waals surface area (Å²) in [6.45, 7) is 2.21. The maximum absolute atomic E-state index is 10.3. The summed E-state index contributed by atoms with van der Waals surface area (Å²) in [6.07, 6.45) is 15.4. The Kier molecular flexibility index (Phi) is 19.2. The third-order valence-electron chi connectivity index (χ3n) is 2.65. The summed E-state index contributed by atoms with van der Waals surface area (Å²) in [6, 6.07) is 0. The first-order chi connectivity index (χ1) is 7.77. The maximum Gasteiger partial charge on any atom is 0.303 e. The second-order valence-corrected chi connectivity index (χ2v) is 4.31. The second kappa shape index (κ2) is 16.5. The van der Waals surface area contributed by atoms with Crippen molar-refractivity contribution < 1.29 is 47.2 Å². The normalized spacial score (nSPS) is 10.4. The molecule has 0 saturated carbocycles. The summed E-state index contributed by atoms with van der Waals surface area (Å²) in [5, 5.41) is 8.45. The Morgan fingerprint density at radius 2 is 1.47 bits per heavy atom. The molecule has 0 aliphatic rings. The van der Waals surface area contributed by atoms with Gasteiger partial charge in [-0.15, -0.1) is 0 Å². The van der Waals surface area contributed by atoms with E-state index in [9.17, 15) is 4.79 Å². The molecule has 0 aromatic rings. The molecule has 0 atom stereocenters. The molecular formula is C14H26ErO2. The molecule has 3 heteroatoms. The Morgan fingerprint density at radius 1 is 0.941 bits per heavy atom. The Bertz CT molecular complexity index is 191. The minimum absolute atomic E-state index is 0. The quantitative estimate of drug-likeness (QED) is 0.413. The minimum atomic E-state index is -0.668. The summed E-state index contributed by atoms with van der Waals surface area (Å²) in [5.74, 6) is -0.668. The summed E-state index contributed by atoms with van der Waals surface area (Å²) < 4.78 is 0. The van der Waals surface area contributed by atoms with Crippen molar-refractivity contribution in [3.63, 3.8) is 0 Å². The molecule has 0 fully saturated rings. The van der Waals surface area contributed by atoms with E-state index in [4.69, 9.17) is 5.11 Å². The molecule has 0 aromatic heterocycles. The predicted molar refractivity (Wildman–Crippen MR) is 68.6 cm³/mol. The molecule has 0 saturated heterocycles. The van der Waals surface area contributed by atoms with Crippen molar-refractivity contribution in [2.45, 2.75) is 71.1 Å². The van der Waals surface area contributed by atoms with Crippen LogP contribution in [0.5, 0.6) is 0 Å². The van der Waals surface area contributed by atoms with Crippen molar-refractivity contribution in [3.05, 3.63) is 12.2 Å². The van der Waals surface area contributed by atoms with Crippen molar-refractivity contribution in [2.24, 2.45) is 0 Å². The molecule has 0 unspecified atom stereocenters. The number of rotatable bonds is 11. The van der Waals surface area contributed by atoms with Crippen LogP contribution in [-0.2, 0) is 4.79 Å². The molecule has 0 aromatic carbocycles. The number of hydrogen-bond donors (Lipinski definition) is 1. The molecule has 2 nitrogen and oxygen atoms in total. The van der Waals surface area contributed by atoms with Gasteiger partial charge in [-0.3, -0.25) is 4.79 Å². The standard InChI is InChI=1S/C14H26O2.Er/c1-2-3-4-5-6-7-8-9-10-11-12-13-14(15)16;/h5-6H,2-4,7-13H2,1H3,(H,15,16);/b6-5-;. The summed E-state index contributed by atoms with van der Waals surface area (Å²) >= 11 is 0. The first kappa shape index (κ1) is 19.8. The molecule has 0 amide bonds. The molecule has 1 N–H and O–H groups in total. The fourth-order valence-corrected chi connectivity index (χ4v) is 1.63. The van der Waals surface area contributed by atoms with Crippen LogP contribution in [0.2, 0.25) is 0 Å². The number of unbranched alkanes of at least 4 members (excludes halogenated alkanes) is 7. The van der Waals surface area contributed by atoms with Gasteiger partial charge < -0.3 is 5.11 Å². The van der Waals surface area contributed by atoms with Crippen molar-refractivity contribution in [1.82, 2.24) is 0 Å². The van der Waals surface area contributed by atoms with Gasteiger partial charge in [0, 0.05) is 43.7 Å². The fraction of sp³-hybridized carbons (Fsp3) is 0.786. The van der Waals surface area contributed by atoms with Crippen molar-refractivity contribution in [1.29, 1.82) is 0 Å². The van der Waals surface area contributed by atoms with E-state index < -0.39 is 5.97 Å². The predicted octanol–water partition coefficient (Wildman–Crippen LogP) is 4.55. The SMILES string of the molecule is CCCC/C=C\CCCCCCCC(=O)O.[Er]. The Hall–Kier alpha value is 0.457. The van der Waals surface area contributed by atoms with E-state index in [-0.39, 0.29) is 37.3 Å². The zero-order valence-electron chi connectivity index (χ0n) is 10.9. The average molecular weight is 394 g/mol. The van der Waals surface area contributed by atoms with Gasteiger partial charge in [-0.2, -0.15) is 0 Å². The Labute approximate surface area is 135 Å². The van der Waals surface area contributed by atoms with Gasteiger partial charge in [-0.05, 0) is 25.7 Å². The average Bonchev–Trinajstić information content (AvgIpc) is 2.25. The van der Waals surface area contributed by atoms with E-state index >= 15 is 0 Å². The summed E-state index contributed by atoms with van der Waals surface area (Å²) in [7, 11) is 0. The molecule has 106 valence electrons. The summed E-state index contributed by atoms with van der Waals surface area (Å²) in [4.78, 5) is 10.3. The monoisotopic (exact) mass is 392 g/mol. The van der Waals surface area contributed by atoms with Gasteiger partial charge in [0.05, 0.1) is 0 Å². The van der Waals surface area contributed by atoms with Gasteiger partial charge >= 0.3 is 5.97 Å². The second-order valence-electron chi connectivity index (χ2n) is 4.31. The maximum atomic E-state index is 10.3. The van der Waals surface area contributed by atoms with E-state index in [0.29, 0.717) is 6.42 Å². The largest absolute Gasteiger partial charge is 0.481 e. The first-order valence-electron chi connectivity index (χ1n) is 6.64. The zero-order chi connectivity index (χ0) is 12.1. The van der Waals surface area contributed by atoms with Crippen LogP contribution in [0.15, 0.2) is 12.2 Å². The molecule has 0 heterocycles. The number of hydrogen-bond acceptors (Lipinski definition) is 1. The molecular weight excluding hydrogens is 367 g/mol. The van der Waals surface area contributed by atoms with Crippen molar-refractivity contribution >= 4 is 5.97 Å². The molecule has 0 aliphatic heterocycles. The van der Waals surface area contributed by atoms with Gasteiger partial charge in [0.1, 0.15) is 0 Å². The van der Waals surface area contributed by atoms with Gasteiger partial charge in [0.2, 0.25) is 0 Å². The number of allylic oxidation sites excluding steroid dienone is 2. The molecule has 0 radical (unpaired) electrons. The minimum Gasteiger partial charge on any atom is -0.481 e. The number of carboxylic acid groups (broad SMARTS) is 1. The van der Waals surface area contributed by atoms with E-state index in [0.717, 1.165) is 12.8 Å². The van der Waals surface area contributed by atoms with Crippen molar-refractivity contribution in [2.75, 3.05) is 0 Å². The number of aliphatic carboxylic acids is 1. The molecule has 0 spiro atoms. The van der Waals surface area contributed by atoms with Crippen LogP contribution in [0.25, 0.3) is 0 Å². The topological polar surface area (TPSA) is 37.3 Å². The molecule has 17 heavy (non-hydrogen) atoms. The van der Waals surface area contributed by atoms with Crippen LogP contribution in [0.4, 0.5) is 0 Å². The molecule has 0 aliphatic carbocycles.